The number of rotatable bonds is 3. The van der Waals surface area contributed by atoms with Crippen LogP contribution in [0.15, 0.2) is 24.3 Å². The molecule has 88 valence electrons. The first-order chi connectivity index (χ1) is 7.81. The second-order valence-corrected chi connectivity index (χ2v) is 4.47. The molecule has 0 heterocycles. The van der Waals surface area contributed by atoms with Crippen LogP contribution in [0.5, 0.6) is 5.75 Å². The van der Waals surface area contributed by atoms with Gasteiger partial charge in [-0.3, -0.25) is 0 Å². The Morgan fingerprint density at radius 1 is 1.25 bits per heavy atom. The zero-order valence-electron chi connectivity index (χ0n) is 9.86. The fraction of sp³-hybridized carbons (Fsp3) is 0.571. The van der Waals surface area contributed by atoms with E-state index in [0.717, 1.165) is 37.9 Å². The molecule has 0 spiro atoms. The Morgan fingerprint density at radius 3 is 2.75 bits per heavy atom. The largest absolute Gasteiger partial charge is 0.487 e. The summed E-state index contributed by atoms with van der Waals surface area (Å²) in [5.74, 6) is 0.941. The van der Waals surface area contributed by atoms with Gasteiger partial charge in [0.15, 0.2) is 0 Å². The summed E-state index contributed by atoms with van der Waals surface area (Å²) < 4.78 is 5.94. The maximum atomic E-state index is 9.87. The Kier molecular flexibility index (Phi) is 3.83. The molecule has 0 aromatic heterocycles. The average molecular weight is 220 g/mol. The van der Waals surface area contributed by atoms with Crippen molar-refractivity contribution in [3.05, 3.63) is 29.8 Å². The van der Waals surface area contributed by atoms with Gasteiger partial charge in [-0.1, -0.05) is 31.5 Å². The van der Waals surface area contributed by atoms with Gasteiger partial charge in [-0.15, -0.1) is 0 Å². The van der Waals surface area contributed by atoms with Gasteiger partial charge in [-0.2, -0.15) is 0 Å². The highest BCUT2D eigenvalue weighted by Gasteiger charge is 2.24. The van der Waals surface area contributed by atoms with Gasteiger partial charge in [0.2, 0.25) is 0 Å². The highest BCUT2D eigenvalue weighted by Crippen LogP contribution is 2.26. The molecule has 2 unspecified atom stereocenters. The predicted octanol–water partition coefficient (Wildman–Crippen LogP) is 2.93. The summed E-state index contributed by atoms with van der Waals surface area (Å²) >= 11 is 0. The molecule has 1 fully saturated rings. The first-order valence-electron chi connectivity index (χ1n) is 6.24. The van der Waals surface area contributed by atoms with Crippen molar-refractivity contribution in [2.45, 2.75) is 51.2 Å². The van der Waals surface area contributed by atoms with Crippen molar-refractivity contribution >= 4 is 0 Å². The summed E-state index contributed by atoms with van der Waals surface area (Å²) in [4.78, 5) is 0. The van der Waals surface area contributed by atoms with Gasteiger partial charge in [0.25, 0.3) is 0 Å². The second-order valence-electron chi connectivity index (χ2n) is 4.47. The van der Waals surface area contributed by atoms with E-state index in [0.29, 0.717) is 0 Å². The molecule has 0 aliphatic heterocycles. The smallest absolute Gasteiger partial charge is 0.124 e. The first kappa shape index (κ1) is 11.5. The average Bonchev–Trinajstić information content (AvgIpc) is 2.33. The fourth-order valence-electron chi connectivity index (χ4n) is 2.29. The van der Waals surface area contributed by atoms with Crippen LogP contribution in [-0.4, -0.2) is 17.3 Å². The van der Waals surface area contributed by atoms with E-state index in [2.05, 4.69) is 13.0 Å². The number of aryl methyl sites for hydroxylation is 1. The standard InChI is InChI=1S/C14H20O2/c1-2-11-7-3-5-9-13(11)16-14-10-6-4-8-12(14)15/h3,5,7,9,12,14-15H,2,4,6,8,10H2,1H3. The quantitative estimate of drug-likeness (QED) is 0.848. The number of ether oxygens (including phenoxy) is 1. The van der Waals surface area contributed by atoms with Crippen LogP contribution in [0.2, 0.25) is 0 Å². The topological polar surface area (TPSA) is 29.5 Å². The van der Waals surface area contributed by atoms with Crippen LogP contribution in [0.3, 0.4) is 0 Å². The number of aliphatic hydroxyl groups is 1. The molecule has 0 bridgehead atoms. The summed E-state index contributed by atoms with van der Waals surface area (Å²) in [5.41, 5.74) is 1.22. The van der Waals surface area contributed by atoms with Gasteiger partial charge in [0.1, 0.15) is 11.9 Å². The second kappa shape index (κ2) is 5.35. The van der Waals surface area contributed by atoms with Crippen LogP contribution in [0.25, 0.3) is 0 Å². The Balaban J connectivity index is 2.07. The van der Waals surface area contributed by atoms with Gasteiger partial charge < -0.3 is 9.84 Å². The van der Waals surface area contributed by atoms with Gasteiger partial charge in [-0.25, -0.2) is 0 Å². The van der Waals surface area contributed by atoms with Crippen LogP contribution < -0.4 is 4.74 Å². The normalized spacial score (nSPS) is 25.4. The SMILES string of the molecule is CCc1ccccc1OC1CCCCC1O. The van der Waals surface area contributed by atoms with Crippen molar-refractivity contribution in [3.63, 3.8) is 0 Å². The minimum absolute atomic E-state index is 0.0125. The lowest BCUT2D eigenvalue weighted by Crippen LogP contribution is -2.34. The minimum Gasteiger partial charge on any atom is -0.487 e. The van der Waals surface area contributed by atoms with E-state index < -0.39 is 0 Å². The molecule has 2 atom stereocenters. The third-order valence-corrected chi connectivity index (χ3v) is 3.30. The monoisotopic (exact) mass is 220 g/mol. The Bertz CT molecular complexity index is 335. The third-order valence-electron chi connectivity index (χ3n) is 3.30. The van der Waals surface area contributed by atoms with Crippen molar-refractivity contribution in [1.82, 2.24) is 0 Å². The maximum absolute atomic E-state index is 9.87. The summed E-state index contributed by atoms with van der Waals surface area (Å²) in [5, 5.41) is 9.87. The van der Waals surface area contributed by atoms with E-state index in [-0.39, 0.29) is 12.2 Å². The maximum Gasteiger partial charge on any atom is 0.124 e. The summed E-state index contributed by atoms with van der Waals surface area (Å²) in [6.07, 6.45) is 4.80. The van der Waals surface area contributed by atoms with Crippen molar-refractivity contribution in [1.29, 1.82) is 0 Å². The van der Waals surface area contributed by atoms with Crippen LogP contribution >= 0.6 is 0 Å². The highest BCUT2D eigenvalue weighted by molar-refractivity contribution is 5.33. The molecule has 1 aliphatic rings. The summed E-state index contributed by atoms with van der Waals surface area (Å²) in [6.45, 7) is 2.12. The molecule has 1 aliphatic carbocycles. The van der Waals surface area contributed by atoms with Crippen molar-refractivity contribution in [2.75, 3.05) is 0 Å². The van der Waals surface area contributed by atoms with Gasteiger partial charge in [0, 0.05) is 0 Å². The van der Waals surface area contributed by atoms with Crippen LogP contribution in [0, 0.1) is 0 Å². The van der Waals surface area contributed by atoms with Crippen LogP contribution in [0.1, 0.15) is 38.2 Å². The predicted molar refractivity (Wildman–Crippen MR) is 64.7 cm³/mol. The van der Waals surface area contributed by atoms with Crippen molar-refractivity contribution < 1.29 is 9.84 Å². The van der Waals surface area contributed by atoms with Crippen LogP contribution in [0.4, 0.5) is 0 Å². The van der Waals surface area contributed by atoms with E-state index in [9.17, 15) is 5.11 Å². The number of aliphatic hydroxyl groups excluding tert-OH is 1. The van der Waals surface area contributed by atoms with E-state index in [4.69, 9.17) is 4.74 Å². The number of hydrogen-bond acceptors (Lipinski definition) is 2. The Labute approximate surface area is 97.3 Å². The van der Waals surface area contributed by atoms with E-state index in [1.807, 2.05) is 18.2 Å². The molecule has 2 nitrogen and oxygen atoms in total. The molecule has 2 rings (SSSR count). The van der Waals surface area contributed by atoms with Gasteiger partial charge >= 0.3 is 0 Å². The molecular weight excluding hydrogens is 200 g/mol. The lowest BCUT2D eigenvalue weighted by Gasteiger charge is -2.28. The fourth-order valence-corrected chi connectivity index (χ4v) is 2.29. The van der Waals surface area contributed by atoms with E-state index in [1.165, 1.54) is 5.56 Å². The van der Waals surface area contributed by atoms with Gasteiger partial charge in [0.05, 0.1) is 6.10 Å². The molecule has 0 radical (unpaired) electrons. The molecule has 16 heavy (non-hydrogen) atoms. The molecule has 1 saturated carbocycles. The third kappa shape index (κ3) is 2.56. The molecule has 1 aromatic rings. The molecule has 2 heteroatoms. The minimum atomic E-state index is -0.293. The lowest BCUT2D eigenvalue weighted by molar-refractivity contribution is 0.00643. The number of para-hydroxylation sites is 1. The zero-order valence-corrected chi connectivity index (χ0v) is 9.86. The first-order valence-corrected chi connectivity index (χ1v) is 6.24. The molecule has 0 saturated heterocycles. The summed E-state index contributed by atoms with van der Waals surface area (Å²) in [6, 6.07) is 8.11. The number of benzene rings is 1. The van der Waals surface area contributed by atoms with Crippen molar-refractivity contribution in [3.8, 4) is 5.75 Å². The molecule has 1 aromatic carbocycles. The number of hydrogen-bond donors (Lipinski definition) is 1. The summed E-state index contributed by atoms with van der Waals surface area (Å²) in [7, 11) is 0. The Hall–Kier alpha value is -1.02. The van der Waals surface area contributed by atoms with E-state index >= 15 is 0 Å². The lowest BCUT2D eigenvalue weighted by atomic mass is 9.94. The van der Waals surface area contributed by atoms with E-state index in [1.54, 1.807) is 0 Å². The van der Waals surface area contributed by atoms with Gasteiger partial charge in [-0.05, 0) is 37.3 Å². The molecule has 1 N–H and O–H groups in total. The Morgan fingerprint density at radius 2 is 2.00 bits per heavy atom. The highest BCUT2D eigenvalue weighted by atomic mass is 16.5. The van der Waals surface area contributed by atoms with Crippen molar-refractivity contribution in [2.24, 2.45) is 0 Å². The van der Waals surface area contributed by atoms with Crippen LogP contribution in [-0.2, 0) is 6.42 Å². The molecule has 0 amide bonds. The zero-order chi connectivity index (χ0) is 11.4. The molecular formula is C14H20O2.